The van der Waals surface area contributed by atoms with Gasteiger partial charge in [0.25, 0.3) is 5.91 Å². The molecule has 2 rings (SSSR count). The number of nitrogens with one attached hydrogen (secondary N) is 1. The standard InChI is InChI=1S/C15H19N3O4S/c1-20-11-6-9(7-12(21-2)14(11)22-3)17-15(19)10-8-23-13(18-10)4-5-16/h6-8H,4-5,16H2,1-3H3,(H,17,19). The van der Waals surface area contributed by atoms with E-state index in [4.69, 9.17) is 19.9 Å². The van der Waals surface area contributed by atoms with Gasteiger partial charge in [0.05, 0.1) is 26.3 Å². The van der Waals surface area contributed by atoms with Gasteiger partial charge in [-0.1, -0.05) is 0 Å². The van der Waals surface area contributed by atoms with Crippen molar-refractivity contribution >= 4 is 22.9 Å². The highest BCUT2D eigenvalue weighted by Crippen LogP contribution is 2.40. The molecule has 0 saturated carbocycles. The molecule has 0 atom stereocenters. The molecule has 0 radical (unpaired) electrons. The number of thiazole rings is 1. The summed E-state index contributed by atoms with van der Waals surface area (Å²) in [5.41, 5.74) is 6.37. The Morgan fingerprint density at radius 2 is 1.87 bits per heavy atom. The molecule has 0 aliphatic carbocycles. The largest absolute Gasteiger partial charge is 0.493 e. The third kappa shape index (κ3) is 3.91. The first kappa shape index (κ1) is 17.0. The molecule has 8 heteroatoms. The molecule has 0 aliphatic rings. The maximum Gasteiger partial charge on any atom is 0.275 e. The topological polar surface area (TPSA) is 95.7 Å². The van der Waals surface area contributed by atoms with Crippen LogP contribution in [0.15, 0.2) is 17.5 Å². The van der Waals surface area contributed by atoms with Crippen LogP contribution >= 0.6 is 11.3 Å². The van der Waals surface area contributed by atoms with Crippen LogP contribution in [0.25, 0.3) is 0 Å². The number of carbonyl (C=O) groups is 1. The molecule has 1 amide bonds. The minimum atomic E-state index is -0.307. The Morgan fingerprint density at radius 3 is 2.39 bits per heavy atom. The number of rotatable bonds is 7. The van der Waals surface area contributed by atoms with Gasteiger partial charge in [0.2, 0.25) is 5.75 Å². The number of nitrogens with two attached hydrogens (primary N) is 1. The average Bonchev–Trinajstić information content (AvgIpc) is 3.03. The number of methoxy groups -OCH3 is 3. The lowest BCUT2D eigenvalue weighted by molar-refractivity contribution is 0.102. The van der Waals surface area contributed by atoms with E-state index in [1.54, 1.807) is 17.5 Å². The van der Waals surface area contributed by atoms with E-state index in [1.165, 1.54) is 32.7 Å². The van der Waals surface area contributed by atoms with Crippen LogP contribution < -0.4 is 25.3 Å². The maximum atomic E-state index is 12.3. The van der Waals surface area contributed by atoms with Gasteiger partial charge >= 0.3 is 0 Å². The molecule has 0 unspecified atom stereocenters. The van der Waals surface area contributed by atoms with Crippen molar-refractivity contribution in [3.63, 3.8) is 0 Å². The van der Waals surface area contributed by atoms with Crippen molar-refractivity contribution in [1.29, 1.82) is 0 Å². The zero-order valence-electron chi connectivity index (χ0n) is 13.2. The lowest BCUT2D eigenvalue weighted by Gasteiger charge is -2.14. The number of hydrogen-bond acceptors (Lipinski definition) is 7. The molecule has 124 valence electrons. The molecule has 0 bridgehead atoms. The maximum absolute atomic E-state index is 12.3. The van der Waals surface area contributed by atoms with Crippen molar-refractivity contribution in [3.05, 3.63) is 28.2 Å². The van der Waals surface area contributed by atoms with Gasteiger partial charge in [-0.2, -0.15) is 0 Å². The first-order chi connectivity index (χ1) is 11.1. The van der Waals surface area contributed by atoms with Crippen molar-refractivity contribution in [1.82, 2.24) is 4.98 Å². The fourth-order valence-electron chi connectivity index (χ4n) is 2.00. The number of anilines is 1. The van der Waals surface area contributed by atoms with Crippen LogP contribution in [0.1, 0.15) is 15.5 Å². The van der Waals surface area contributed by atoms with Crippen LogP contribution in [0.5, 0.6) is 17.2 Å². The van der Waals surface area contributed by atoms with Crippen LogP contribution in [0, 0.1) is 0 Å². The summed E-state index contributed by atoms with van der Waals surface area (Å²) in [6.45, 7) is 0.501. The van der Waals surface area contributed by atoms with E-state index in [0.29, 0.717) is 41.6 Å². The van der Waals surface area contributed by atoms with Crippen LogP contribution in [0.2, 0.25) is 0 Å². The molecule has 0 fully saturated rings. The second kappa shape index (κ2) is 7.80. The van der Waals surface area contributed by atoms with Gasteiger partial charge < -0.3 is 25.3 Å². The average molecular weight is 337 g/mol. The minimum absolute atomic E-state index is 0.307. The first-order valence-corrected chi connectivity index (χ1v) is 7.76. The van der Waals surface area contributed by atoms with Crippen LogP contribution in [-0.2, 0) is 6.42 Å². The van der Waals surface area contributed by atoms with Crippen LogP contribution in [-0.4, -0.2) is 38.8 Å². The number of hydrogen-bond donors (Lipinski definition) is 2. The Bertz CT molecular complexity index is 662. The monoisotopic (exact) mass is 337 g/mol. The molecule has 1 heterocycles. The Hall–Kier alpha value is -2.32. The van der Waals surface area contributed by atoms with Gasteiger partial charge in [0, 0.05) is 29.6 Å². The van der Waals surface area contributed by atoms with Crippen molar-refractivity contribution in [2.75, 3.05) is 33.2 Å². The van der Waals surface area contributed by atoms with E-state index in [0.717, 1.165) is 5.01 Å². The van der Waals surface area contributed by atoms with Crippen molar-refractivity contribution in [3.8, 4) is 17.2 Å². The van der Waals surface area contributed by atoms with Gasteiger partial charge in [0.15, 0.2) is 11.5 Å². The van der Waals surface area contributed by atoms with E-state index < -0.39 is 0 Å². The minimum Gasteiger partial charge on any atom is -0.493 e. The van der Waals surface area contributed by atoms with E-state index in [1.807, 2.05) is 0 Å². The summed E-state index contributed by atoms with van der Waals surface area (Å²) in [6, 6.07) is 3.32. The zero-order chi connectivity index (χ0) is 16.8. The summed E-state index contributed by atoms with van der Waals surface area (Å²) in [7, 11) is 4.55. The molecular formula is C15H19N3O4S. The van der Waals surface area contributed by atoms with E-state index in [-0.39, 0.29) is 5.91 Å². The molecule has 0 spiro atoms. The molecule has 0 saturated heterocycles. The van der Waals surface area contributed by atoms with E-state index >= 15 is 0 Å². The SMILES string of the molecule is COc1cc(NC(=O)c2csc(CCN)n2)cc(OC)c1OC. The van der Waals surface area contributed by atoms with E-state index in [2.05, 4.69) is 10.3 Å². The Kier molecular flexibility index (Phi) is 5.78. The number of amides is 1. The number of benzene rings is 1. The third-order valence-electron chi connectivity index (χ3n) is 3.07. The zero-order valence-corrected chi connectivity index (χ0v) is 14.0. The number of carbonyl (C=O) groups excluding carboxylic acids is 1. The second-order valence-corrected chi connectivity index (χ2v) is 5.48. The van der Waals surface area contributed by atoms with Crippen LogP contribution in [0.4, 0.5) is 5.69 Å². The van der Waals surface area contributed by atoms with Gasteiger partial charge in [-0.3, -0.25) is 4.79 Å². The molecule has 7 nitrogen and oxygen atoms in total. The number of nitrogens with zero attached hydrogens (tertiary/aromatic N) is 1. The summed E-state index contributed by atoms with van der Waals surface area (Å²) >= 11 is 1.41. The fraction of sp³-hybridized carbons (Fsp3) is 0.333. The third-order valence-corrected chi connectivity index (χ3v) is 3.97. The highest BCUT2D eigenvalue weighted by atomic mass is 32.1. The Labute approximate surface area is 138 Å². The lowest BCUT2D eigenvalue weighted by atomic mass is 10.2. The van der Waals surface area contributed by atoms with Gasteiger partial charge in [-0.25, -0.2) is 4.98 Å². The predicted octanol–water partition coefficient (Wildman–Crippen LogP) is 1.92. The highest BCUT2D eigenvalue weighted by Gasteiger charge is 2.16. The number of aromatic nitrogens is 1. The smallest absolute Gasteiger partial charge is 0.275 e. The van der Waals surface area contributed by atoms with Gasteiger partial charge in [0.1, 0.15) is 5.69 Å². The van der Waals surface area contributed by atoms with Gasteiger partial charge in [-0.05, 0) is 6.54 Å². The molecule has 0 aliphatic heterocycles. The molecular weight excluding hydrogens is 318 g/mol. The Balaban J connectivity index is 2.22. The summed E-state index contributed by atoms with van der Waals surface area (Å²) in [5.74, 6) is 1.08. The summed E-state index contributed by atoms with van der Waals surface area (Å²) in [5, 5.41) is 5.32. The van der Waals surface area contributed by atoms with Crippen LogP contribution in [0.3, 0.4) is 0 Å². The quantitative estimate of drug-likeness (QED) is 0.801. The van der Waals surface area contributed by atoms with Crippen molar-refractivity contribution < 1.29 is 19.0 Å². The van der Waals surface area contributed by atoms with Gasteiger partial charge in [-0.15, -0.1) is 11.3 Å². The molecule has 23 heavy (non-hydrogen) atoms. The summed E-state index contributed by atoms with van der Waals surface area (Å²) in [4.78, 5) is 16.5. The normalized spacial score (nSPS) is 10.3. The second-order valence-electron chi connectivity index (χ2n) is 4.53. The lowest BCUT2D eigenvalue weighted by Crippen LogP contribution is -2.13. The van der Waals surface area contributed by atoms with Crippen molar-refractivity contribution in [2.45, 2.75) is 6.42 Å². The fourth-order valence-corrected chi connectivity index (χ4v) is 2.80. The molecule has 1 aromatic heterocycles. The first-order valence-electron chi connectivity index (χ1n) is 6.88. The summed E-state index contributed by atoms with van der Waals surface area (Å²) in [6.07, 6.45) is 0.655. The highest BCUT2D eigenvalue weighted by molar-refractivity contribution is 7.09. The molecule has 3 N–H and O–H groups in total. The van der Waals surface area contributed by atoms with E-state index in [9.17, 15) is 4.79 Å². The number of ether oxygens (including phenoxy) is 3. The predicted molar refractivity (Wildman–Crippen MR) is 88.9 cm³/mol. The van der Waals surface area contributed by atoms with Crippen molar-refractivity contribution in [2.24, 2.45) is 5.73 Å². The molecule has 2 aromatic rings. The molecule has 1 aromatic carbocycles. The Morgan fingerprint density at radius 1 is 1.22 bits per heavy atom. The summed E-state index contributed by atoms with van der Waals surface area (Å²) < 4.78 is 15.8.